The number of halogens is 1. The van der Waals surface area contributed by atoms with Crippen molar-refractivity contribution in [1.29, 1.82) is 0 Å². The summed E-state index contributed by atoms with van der Waals surface area (Å²) in [6.45, 7) is 0. The van der Waals surface area contributed by atoms with Crippen molar-refractivity contribution in [2.45, 2.75) is 4.90 Å². The van der Waals surface area contributed by atoms with Crippen LogP contribution in [-0.2, 0) is 10.1 Å². The van der Waals surface area contributed by atoms with E-state index < -0.39 is 20.8 Å². The number of phenolic OH excluding ortho intramolecular Hbond substituents is 1. The van der Waals surface area contributed by atoms with E-state index >= 15 is 0 Å². The summed E-state index contributed by atoms with van der Waals surface area (Å²) < 4.78 is 29.8. The van der Waals surface area contributed by atoms with Crippen molar-refractivity contribution in [2.75, 3.05) is 5.73 Å². The van der Waals surface area contributed by atoms with Crippen LogP contribution in [0, 0.1) is 0 Å². The van der Waals surface area contributed by atoms with Gasteiger partial charge in [-0.1, -0.05) is 11.6 Å². The summed E-state index contributed by atoms with van der Waals surface area (Å²) in [6.07, 6.45) is 0. The Morgan fingerprint density at radius 3 is 2.31 bits per heavy atom. The van der Waals surface area contributed by atoms with E-state index in [9.17, 15) is 8.42 Å². The fraction of sp³-hybridized carbons (Fsp3) is 0. The maximum absolute atomic E-state index is 10.6. The van der Waals surface area contributed by atoms with Crippen molar-refractivity contribution in [3.63, 3.8) is 0 Å². The van der Waals surface area contributed by atoms with Crippen LogP contribution in [0.2, 0.25) is 5.02 Å². The summed E-state index contributed by atoms with van der Waals surface area (Å²) in [5.74, 6) is -0.491. The average Bonchev–Trinajstić information content (AvgIpc) is 1.97. The summed E-state index contributed by atoms with van der Waals surface area (Å²) in [5, 5.41) is 8.91. The molecule has 7 heteroatoms. The highest BCUT2D eigenvalue weighted by molar-refractivity contribution is 7.85. The Kier molecular flexibility index (Phi) is 2.38. The van der Waals surface area contributed by atoms with Crippen molar-refractivity contribution in [3.05, 3.63) is 17.2 Å². The molecule has 0 heterocycles. The first-order valence-corrected chi connectivity index (χ1v) is 4.89. The van der Waals surface area contributed by atoms with Crippen LogP contribution < -0.4 is 5.73 Å². The molecule has 0 unspecified atom stereocenters. The van der Waals surface area contributed by atoms with Gasteiger partial charge in [-0.05, 0) is 6.07 Å². The number of benzene rings is 1. The van der Waals surface area contributed by atoms with Crippen LogP contribution in [0.5, 0.6) is 5.75 Å². The first kappa shape index (κ1) is 10.1. The fourth-order valence-electron chi connectivity index (χ4n) is 0.753. The molecular formula is C6H6ClNO4S. The number of hydrogen-bond acceptors (Lipinski definition) is 4. The number of phenols is 1. The minimum atomic E-state index is -4.36. The van der Waals surface area contributed by atoms with Crippen molar-refractivity contribution < 1.29 is 18.1 Å². The Balaban J connectivity index is 3.47. The maximum atomic E-state index is 10.6. The molecule has 0 bridgehead atoms. The van der Waals surface area contributed by atoms with E-state index in [1.165, 1.54) is 0 Å². The van der Waals surface area contributed by atoms with Gasteiger partial charge in [0.25, 0.3) is 10.1 Å². The third-order valence-electron chi connectivity index (χ3n) is 1.35. The van der Waals surface area contributed by atoms with Gasteiger partial charge in [-0.15, -0.1) is 0 Å². The van der Waals surface area contributed by atoms with Gasteiger partial charge in [-0.2, -0.15) is 8.42 Å². The zero-order valence-electron chi connectivity index (χ0n) is 6.23. The highest BCUT2D eigenvalue weighted by Gasteiger charge is 2.14. The summed E-state index contributed by atoms with van der Waals surface area (Å²) >= 11 is 5.45. The lowest BCUT2D eigenvalue weighted by molar-refractivity contribution is 0.467. The molecule has 0 saturated heterocycles. The molecule has 5 nitrogen and oxygen atoms in total. The van der Waals surface area contributed by atoms with Crippen molar-refractivity contribution in [3.8, 4) is 5.75 Å². The molecule has 13 heavy (non-hydrogen) atoms. The lowest BCUT2D eigenvalue weighted by Crippen LogP contribution is -1.99. The molecule has 72 valence electrons. The minimum absolute atomic E-state index is 0.116. The summed E-state index contributed by atoms with van der Waals surface area (Å²) in [4.78, 5) is -0.494. The van der Waals surface area contributed by atoms with Crippen LogP contribution in [0.15, 0.2) is 17.0 Å². The molecular weight excluding hydrogens is 218 g/mol. The Morgan fingerprint density at radius 1 is 1.38 bits per heavy atom. The third kappa shape index (κ3) is 2.03. The van der Waals surface area contributed by atoms with E-state index in [4.69, 9.17) is 27.0 Å². The fourth-order valence-corrected chi connectivity index (χ4v) is 1.40. The highest BCUT2D eigenvalue weighted by Crippen LogP contribution is 2.32. The average molecular weight is 224 g/mol. The number of nitrogens with two attached hydrogens (primary N) is 1. The Morgan fingerprint density at radius 2 is 1.92 bits per heavy atom. The van der Waals surface area contributed by atoms with Crippen LogP contribution >= 0.6 is 11.6 Å². The molecule has 0 saturated carbocycles. The second kappa shape index (κ2) is 3.06. The van der Waals surface area contributed by atoms with Gasteiger partial charge in [-0.25, -0.2) is 0 Å². The van der Waals surface area contributed by atoms with Gasteiger partial charge in [-0.3, -0.25) is 4.55 Å². The summed E-state index contributed by atoms with van der Waals surface area (Å²) in [6, 6.07) is 1.77. The zero-order valence-corrected chi connectivity index (χ0v) is 7.80. The molecule has 0 atom stereocenters. The Hall–Kier alpha value is -0.980. The number of rotatable bonds is 1. The molecule has 0 amide bonds. The quantitative estimate of drug-likeness (QED) is 0.485. The normalized spacial score (nSPS) is 11.5. The Labute approximate surface area is 79.5 Å². The van der Waals surface area contributed by atoms with E-state index in [2.05, 4.69) is 0 Å². The van der Waals surface area contributed by atoms with Crippen LogP contribution in [0.1, 0.15) is 0 Å². The molecule has 0 radical (unpaired) electrons. The SMILES string of the molecule is Nc1cc(S(=O)(=O)O)cc(O)c1Cl. The molecule has 1 rings (SSSR count). The van der Waals surface area contributed by atoms with E-state index in [1.807, 2.05) is 0 Å². The monoisotopic (exact) mass is 223 g/mol. The topological polar surface area (TPSA) is 101 Å². The first-order valence-electron chi connectivity index (χ1n) is 3.08. The molecule has 0 aliphatic heterocycles. The second-order valence-electron chi connectivity index (χ2n) is 2.32. The van der Waals surface area contributed by atoms with Crippen LogP contribution in [0.3, 0.4) is 0 Å². The summed E-state index contributed by atoms with van der Waals surface area (Å²) in [5.41, 5.74) is 5.13. The van der Waals surface area contributed by atoms with E-state index in [0.717, 1.165) is 12.1 Å². The number of anilines is 1. The van der Waals surface area contributed by atoms with E-state index in [-0.39, 0.29) is 10.7 Å². The predicted molar refractivity (Wildman–Crippen MR) is 47.3 cm³/mol. The van der Waals surface area contributed by atoms with Gasteiger partial charge < -0.3 is 10.8 Å². The lowest BCUT2D eigenvalue weighted by Gasteiger charge is -2.03. The smallest absolute Gasteiger partial charge is 0.294 e. The van der Waals surface area contributed by atoms with Crippen molar-refractivity contribution in [2.24, 2.45) is 0 Å². The van der Waals surface area contributed by atoms with Gasteiger partial charge >= 0.3 is 0 Å². The van der Waals surface area contributed by atoms with Gasteiger partial charge in [0.05, 0.1) is 10.6 Å². The lowest BCUT2D eigenvalue weighted by atomic mass is 10.3. The van der Waals surface area contributed by atoms with Gasteiger partial charge in [0.2, 0.25) is 0 Å². The largest absolute Gasteiger partial charge is 0.506 e. The molecule has 0 aliphatic carbocycles. The molecule has 1 aromatic carbocycles. The molecule has 1 aromatic rings. The van der Waals surface area contributed by atoms with Crippen LogP contribution in [0.4, 0.5) is 5.69 Å². The van der Waals surface area contributed by atoms with Gasteiger partial charge in [0.15, 0.2) is 0 Å². The molecule has 0 fully saturated rings. The number of aromatic hydroxyl groups is 1. The predicted octanol–water partition coefficient (Wildman–Crippen LogP) is 0.874. The third-order valence-corrected chi connectivity index (χ3v) is 2.60. The molecule has 4 N–H and O–H groups in total. The molecule has 0 spiro atoms. The zero-order chi connectivity index (χ0) is 10.2. The minimum Gasteiger partial charge on any atom is -0.506 e. The van der Waals surface area contributed by atoms with Crippen LogP contribution in [-0.4, -0.2) is 18.1 Å². The van der Waals surface area contributed by atoms with Crippen molar-refractivity contribution in [1.82, 2.24) is 0 Å². The van der Waals surface area contributed by atoms with Crippen molar-refractivity contribution >= 4 is 27.4 Å². The van der Waals surface area contributed by atoms with Gasteiger partial charge in [0.1, 0.15) is 10.8 Å². The highest BCUT2D eigenvalue weighted by atomic mass is 35.5. The molecule has 0 aromatic heterocycles. The summed E-state index contributed by atoms with van der Waals surface area (Å²) in [7, 11) is -4.36. The van der Waals surface area contributed by atoms with E-state index in [0.29, 0.717) is 0 Å². The maximum Gasteiger partial charge on any atom is 0.294 e. The molecule has 0 aliphatic rings. The second-order valence-corrected chi connectivity index (χ2v) is 4.12. The van der Waals surface area contributed by atoms with Crippen LogP contribution in [0.25, 0.3) is 0 Å². The first-order chi connectivity index (χ1) is 5.82. The number of nitrogen functional groups attached to an aromatic ring is 1. The van der Waals surface area contributed by atoms with E-state index in [1.54, 1.807) is 0 Å². The number of hydrogen-bond donors (Lipinski definition) is 3. The standard InChI is InChI=1S/C6H6ClNO4S/c7-6-4(8)1-3(2-5(6)9)13(10,11)12/h1-2,9H,8H2,(H,10,11,12). The van der Waals surface area contributed by atoms with Gasteiger partial charge in [0, 0.05) is 6.07 Å². The Bertz CT molecular complexity index is 419.